The predicted octanol–water partition coefficient (Wildman–Crippen LogP) is -2.75. The molecule has 0 heterocycles. The van der Waals surface area contributed by atoms with Gasteiger partial charge >= 0.3 is 0 Å². The van der Waals surface area contributed by atoms with Crippen LogP contribution in [0.4, 0.5) is 0 Å². The molecule has 0 aliphatic heterocycles. The summed E-state index contributed by atoms with van der Waals surface area (Å²) in [5.74, 6) is 0. The van der Waals surface area contributed by atoms with E-state index in [1.165, 1.54) is 11.8 Å². The van der Waals surface area contributed by atoms with E-state index in [2.05, 4.69) is 0 Å². The van der Waals surface area contributed by atoms with E-state index in [1.54, 1.807) is 6.26 Å². The average Bonchev–Trinajstić information content (AvgIpc) is 1.38. The summed E-state index contributed by atoms with van der Waals surface area (Å²) in [7, 11) is 0. The number of halogens is 1. The first-order chi connectivity index (χ1) is 2.27. The van der Waals surface area contributed by atoms with E-state index < -0.39 is 0 Å². The number of thioether (sulfide) groups is 1. The first kappa shape index (κ1) is 9.44. The summed E-state index contributed by atoms with van der Waals surface area (Å²) in [6, 6.07) is 0. The lowest BCUT2D eigenvalue weighted by Gasteiger charge is -1.78. The van der Waals surface area contributed by atoms with E-state index in [0.29, 0.717) is 0 Å². The average molecular weight is 126 g/mol. The van der Waals surface area contributed by atoms with Gasteiger partial charge in [0.25, 0.3) is 0 Å². The second-order valence-corrected chi connectivity index (χ2v) is 1.42. The Bertz CT molecular complexity index is 46.8. The van der Waals surface area contributed by atoms with Gasteiger partial charge in [0.1, 0.15) is 0 Å². The van der Waals surface area contributed by atoms with Crippen molar-refractivity contribution in [1.82, 2.24) is 0 Å². The van der Waals surface area contributed by atoms with Crippen LogP contribution in [0.3, 0.4) is 0 Å². The molecule has 0 aromatic carbocycles. The normalized spacial score (nSPS) is 6.17. The van der Waals surface area contributed by atoms with E-state index in [0.717, 1.165) is 0 Å². The van der Waals surface area contributed by atoms with Crippen LogP contribution < -0.4 is 18.1 Å². The lowest BCUT2D eigenvalue weighted by molar-refractivity contribution is -0.00000143. The van der Waals surface area contributed by atoms with Crippen LogP contribution in [0.5, 0.6) is 0 Å². The van der Waals surface area contributed by atoms with Gasteiger partial charge in [-0.2, -0.15) is 0 Å². The number of amidine groups is 1. The van der Waals surface area contributed by atoms with E-state index in [1.807, 2.05) is 0 Å². The minimum atomic E-state index is 0. The fourth-order valence-corrected chi connectivity index (χ4v) is 0. The zero-order chi connectivity index (χ0) is 4.28. The summed E-state index contributed by atoms with van der Waals surface area (Å²) < 4.78 is 0. The van der Waals surface area contributed by atoms with Crippen molar-refractivity contribution >= 4 is 16.9 Å². The van der Waals surface area contributed by atoms with Crippen LogP contribution in [-0.2, 0) is 0 Å². The molecule has 0 aliphatic rings. The molecule has 4 heteroatoms. The fraction of sp³-hybridized carbons (Fsp3) is 0.500. The molecule has 0 aromatic heterocycles. The van der Waals surface area contributed by atoms with Crippen molar-refractivity contribution in [3.05, 3.63) is 0 Å². The Morgan fingerprint density at radius 2 is 2.00 bits per heavy atom. The number of nitrogens with two attached hydrogens (primary N) is 1. The van der Waals surface area contributed by atoms with Crippen molar-refractivity contribution in [2.45, 2.75) is 0 Å². The highest BCUT2D eigenvalue weighted by Crippen LogP contribution is 1.83. The molecule has 0 bridgehead atoms. The zero-order valence-corrected chi connectivity index (χ0v) is 4.94. The Balaban J connectivity index is 0. The Morgan fingerprint density at radius 3 is 2.00 bits per heavy atom. The maximum atomic E-state index is 6.48. The van der Waals surface area contributed by atoms with E-state index in [4.69, 9.17) is 11.1 Å². The summed E-state index contributed by atoms with van der Waals surface area (Å²) in [4.78, 5) is 0. The molecular weight excluding hydrogens is 120 g/mol. The molecule has 3 N–H and O–H groups in total. The van der Waals surface area contributed by atoms with E-state index in [-0.39, 0.29) is 17.6 Å². The lowest BCUT2D eigenvalue weighted by atomic mass is 11.4. The molecule has 0 fully saturated rings. The summed E-state index contributed by atoms with van der Waals surface area (Å²) in [6.45, 7) is 0. The minimum absolute atomic E-state index is 0. The summed E-state index contributed by atoms with van der Waals surface area (Å²) in [5.41, 5.74) is 4.84. The van der Waals surface area contributed by atoms with Gasteiger partial charge in [0.2, 0.25) is 0 Å². The largest absolute Gasteiger partial charge is 1.00 e. The Kier molecular flexibility index (Phi) is 8.04. The Morgan fingerprint density at radius 1 is 1.83 bits per heavy atom. The van der Waals surface area contributed by atoms with Gasteiger partial charge in [-0.3, -0.25) is 5.41 Å². The van der Waals surface area contributed by atoms with Crippen LogP contribution in [0.25, 0.3) is 0 Å². The molecule has 0 aromatic rings. The molecule has 0 unspecified atom stereocenters. The van der Waals surface area contributed by atoms with Crippen LogP contribution in [0, 0.1) is 5.41 Å². The SMILES string of the molecule is CSC(=N)N.[Cl-]. The van der Waals surface area contributed by atoms with Crippen LogP contribution >= 0.6 is 11.8 Å². The van der Waals surface area contributed by atoms with Gasteiger partial charge in [-0.05, 0) is 6.26 Å². The van der Waals surface area contributed by atoms with Gasteiger partial charge in [-0.25, -0.2) is 0 Å². The lowest BCUT2D eigenvalue weighted by Crippen LogP contribution is -3.00. The second-order valence-electron chi connectivity index (χ2n) is 0.568. The van der Waals surface area contributed by atoms with E-state index >= 15 is 0 Å². The number of hydrogen-bond donors (Lipinski definition) is 2. The number of nitrogens with one attached hydrogen (secondary N) is 1. The molecule has 0 aliphatic carbocycles. The highest BCUT2D eigenvalue weighted by molar-refractivity contribution is 8.13. The number of rotatable bonds is 0. The quantitative estimate of drug-likeness (QED) is 0.273. The molecule has 6 heavy (non-hydrogen) atoms. The molecule has 0 radical (unpaired) electrons. The molecule has 0 saturated heterocycles. The molecule has 0 amide bonds. The maximum Gasteiger partial charge on any atom is 0.150 e. The van der Waals surface area contributed by atoms with Gasteiger partial charge in [-0.1, -0.05) is 11.8 Å². The molecule has 0 saturated carbocycles. The third-order valence-electron chi connectivity index (χ3n) is 0.220. The van der Waals surface area contributed by atoms with Gasteiger partial charge in [0, 0.05) is 0 Å². The van der Waals surface area contributed by atoms with Crippen LogP contribution in [0.2, 0.25) is 0 Å². The van der Waals surface area contributed by atoms with Crippen molar-refractivity contribution in [3.8, 4) is 0 Å². The first-order valence-corrected chi connectivity index (χ1v) is 2.38. The standard InChI is InChI=1S/C2H6N2S.ClH/c1-5-2(3)4;/h1H3,(H3,3,4);1H/p-1. The van der Waals surface area contributed by atoms with Gasteiger partial charge in [0.15, 0.2) is 5.17 Å². The highest BCUT2D eigenvalue weighted by atomic mass is 35.5. The monoisotopic (exact) mass is 125 g/mol. The zero-order valence-electron chi connectivity index (χ0n) is 3.36. The minimum Gasteiger partial charge on any atom is -1.00 e. The fourth-order valence-electron chi connectivity index (χ4n) is 0. The highest BCUT2D eigenvalue weighted by Gasteiger charge is 1.71. The molecule has 0 spiro atoms. The van der Waals surface area contributed by atoms with Crippen molar-refractivity contribution in [1.29, 1.82) is 5.41 Å². The number of hydrogen-bond acceptors (Lipinski definition) is 2. The summed E-state index contributed by atoms with van der Waals surface area (Å²) in [6.07, 6.45) is 1.77. The molecule has 0 atom stereocenters. The topological polar surface area (TPSA) is 49.9 Å². The molecular formula is C2H6ClN2S-. The van der Waals surface area contributed by atoms with Crippen molar-refractivity contribution < 1.29 is 12.4 Å². The molecule has 2 nitrogen and oxygen atoms in total. The van der Waals surface area contributed by atoms with Crippen molar-refractivity contribution in [2.24, 2.45) is 5.73 Å². The van der Waals surface area contributed by atoms with Gasteiger partial charge in [0.05, 0.1) is 0 Å². The van der Waals surface area contributed by atoms with Crippen LogP contribution in [0.1, 0.15) is 0 Å². The summed E-state index contributed by atoms with van der Waals surface area (Å²) in [5, 5.41) is 6.66. The van der Waals surface area contributed by atoms with Crippen LogP contribution in [0.15, 0.2) is 0 Å². The van der Waals surface area contributed by atoms with Gasteiger partial charge < -0.3 is 18.1 Å². The maximum absolute atomic E-state index is 6.48. The molecule has 0 rings (SSSR count). The van der Waals surface area contributed by atoms with Crippen LogP contribution in [-0.4, -0.2) is 11.4 Å². The summed E-state index contributed by atoms with van der Waals surface area (Å²) >= 11 is 1.24. The Hall–Kier alpha value is 0.110. The van der Waals surface area contributed by atoms with Crippen molar-refractivity contribution in [2.75, 3.05) is 6.26 Å². The van der Waals surface area contributed by atoms with Crippen molar-refractivity contribution in [3.63, 3.8) is 0 Å². The predicted molar refractivity (Wildman–Crippen MR) is 25.4 cm³/mol. The third-order valence-corrected chi connectivity index (χ3v) is 0.660. The smallest absolute Gasteiger partial charge is 0.150 e. The third kappa shape index (κ3) is 8.93. The Labute approximate surface area is 47.4 Å². The van der Waals surface area contributed by atoms with E-state index in [9.17, 15) is 0 Å². The molecule has 38 valence electrons. The first-order valence-electron chi connectivity index (χ1n) is 1.15. The second kappa shape index (κ2) is 5.11. The van der Waals surface area contributed by atoms with Gasteiger partial charge in [-0.15, -0.1) is 0 Å².